The van der Waals surface area contributed by atoms with Crippen LogP contribution in [0.3, 0.4) is 0 Å². The number of hydrogen-bond donors (Lipinski definition) is 0. The summed E-state index contributed by atoms with van der Waals surface area (Å²) in [4.78, 5) is 26.5. The van der Waals surface area contributed by atoms with Gasteiger partial charge in [0.25, 0.3) is 5.91 Å². The average Bonchev–Trinajstić information content (AvgIpc) is 2.62. The maximum absolute atomic E-state index is 12.2. The summed E-state index contributed by atoms with van der Waals surface area (Å²) in [6.45, 7) is 2.11. The van der Waals surface area contributed by atoms with E-state index in [2.05, 4.69) is 9.97 Å². The number of rotatable bonds is 5. The fourth-order valence-electron chi connectivity index (χ4n) is 2.19. The van der Waals surface area contributed by atoms with Crippen molar-refractivity contribution >= 4 is 22.6 Å². The quantitative estimate of drug-likeness (QED) is 0.677. The third-order valence-corrected chi connectivity index (χ3v) is 3.42. The highest BCUT2D eigenvalue weighted by Crippen LogP contribution is 2.19. The maximum atomic E-state index is 12.2. The number of anilines is 1. The van der Waals surface area contributed by atoms with Crippen LogP contribution in [0.2, 0.25) is 0 Å². The molecule has 3 aromatic rings. The number of nitrogens with zero attached hydrogens (tertiary/aromatic N) is 3. The molecule has 0 spiro atoms. The molecule has 116 valence electrons. The Labute approximate surface area is 134 Å². The molecule has 0 atom stereocenters. The second-order valence-electron chi connectivity index (χ2n) is 5.04. The second-order valence-corrected chi connectivity index (χ2v) is 5.04. The molecule has 5 heteroatoms. The smallest absolute Gasteiger partial charge is 0.252 e. The third-order valence-electron chi connectivity index (χ3n) is 3.42. The number of hydroxylamine groups is 1. The summed E-state index contributed by atoms with van der Waals surface area (Å²) in [6.07, 6.45) is 3.75. The number of amides is 1. The Morgan fingerprint density at radius 3 is 2.74 bits per heavy atom. The Bertz CT molecular complexity index is 805. The molecule has 0 saturated carbocycles. The van der Waals surface area contributed by atoms with Gasteiger partial charge in [-0.1, -0.05) is 37.3 Å². The molecule has 0 N–H and O–H groups in total. The Hall–Kier alpha value is -2.79. The van der Waals surface area contributed by atoms with E-state index < -0.39 is 0 Å². The van der Waals surface area contributed by atoms with Gasteiger partial charge < -0.3 is 0 Å². The van der Waals surface area contributed by atoms with Crippen molar-refractivity contribution in [3.8, 4) is 0 Å². The standard InChI is InChI=1S/C18H17N3O2/c1-2-18(22)21(23-13-14-6-4-3-5-7-14)17-9-8-15-12-19-11-10-16(15)20-17/h3-12H,2,13H2,1H3. The first-order chi connectivity index (χ1) is 11.3. The molecule has 0 bridgehead atoms. The van der Waals surface area contributed by atoms with E-state index in [-0.39, 0.29) is 5.91 Å². The van der Waals surface area contributed by atoms with E-state index in [9.17, 15) is 4.79 Å². The minimum Gasteiger partial charge on any atom is -0.272 e. The van der Waals surface area contributed by atoms with Gasteiger partial charge in [-0.05, 0) is 23.8 Å². The maximum Gasteiger partial charge on any atom is 0.252 e. The largest absolute Gasteiger partial charge is 0.272 e. The zero-order valence-corrected chi connectivity index (χ0v) is 12.8. The van der Waals surface area contributed by atoms with Crippen molar-refractivity contribution in [2.75, 3.05) is 5.06 Å². The molecule has 5 nitrogen and oxygen atoms in total. The second kappa shape index (κ2) is 6.98. The Morgan fingerprint density at radius 2 is 1.96 bits per heavy atom. The Kier molecular flexibility index (Phi) is 4.59. The van der Waals surface area contributed by atoms with Gasteiger partial charge in [-0.3, -0.25) is 14.6 Å². The van der Waals surface area contributed by atoms with Crippen molar-refractivity contribution in [1.82, 2.24) is 9.97 Å². The Morgan fingerprint density at radius 1 is 1.13 bits per heavy atom. The highest BCUT2D eigenvalue weighted by molar-refractivity contribution is 5.91. The molecule has 3 rings (SSSR count). The van der Waals surface area contributed by atoms with Crippen LogP contribution in [0.1, 0.15) is 18.9 Å². The minimum absolute atomic E-state index is 0.137. The first-order valence-corrected chi connectivity index (χ1v) is 7.48. The number of fused-ring (bicyclic) bond motifs is 1. The zero-order valence-electron chi connectivity index (χ0n) is 12.8. The number of carbonyl (C=O) groups excluding carboxylic acids is 1. The van der Waals surface area contributed by atoms with Crippen LogP contribution in [0.15, 0.2) is 60.9 Å². The van der Waals surface area contributed by atoms with E-state index in [1.54, 1.807) is 25.4 Å². The fourth-order valence-corrected chi connectivity index (χ4v) is 2.19. The van der Waals surface area contributed by atoms with Crippen LogP contribution in [-0.4, -0.2) is 15.9 Å². The summed E-state index contributed by atoms with van der Waals surface area (Å²) < 4.78 is 0. The van der Waals surface area contributed by atoms with Gasteiger partial charge in [-0.2, -0.15) is 5.06 Å². The van der Waals surface area contributed by atoms with Crippen molar-refractivity contribution in [1.29, 1.82) is 0 Å². The van der Waals surface area contributed by atoms with Crippen molar-refractivity contribution in [2.24, 2.45) is 0 Å². The first kappa shape index (κ1) is 15.1. The monoisotopic (exact) mass is 307 g/mol. The van der Waals surface area contributed by atoms with Crippen LogP contribution >= 0.6 is 0 Å². The molecule has 2 aromatic heterocycles. The van der Waals surface area contributed by atoms with Gasteiger partial charge in [0.2, 0.25) is 0 Å². The van der Waals surface area contributed by atoms with Crippen LogP contribution in [0.25, 0.3) is 10.9 Å². The summed E-state index contributed by atoms with van der Waals surface area (Å²) >= 11 is 0. The van der Waals surface area contributed by atoms with Crippen molar-refractivity contribution in [2.45, 2.75) is 20.0 Å². The predicted octanol–water partition coefficient (Wildman–Crippen LogP) is 3.50. The van der Waals surface area contributed by atoms with Crippen molar-refractivity contribution < 1.29 is 9.63 Å². The summed E-state index contributed by atoms with van der Waals surface area (Å²) in [5.74, 6) is 0.341. The SMILES string of the molecule is CCC(=O)N(OCc1ccccc1)c1ccc2cnccc2n1. The van der Waals surface area contributed by atoms with E-state index in [0.717, 1.165) is 16.5 Å². The molecule has 23 heavy (non-hydrogen) atoms. The highest BCUT2D eigenvalue weighted by atomic mass is 16.7. The lowest BCUT2D eigenvalue weighted by Gasteiger charge is -2.20. The van der Waals surface area contributed by atoms with E-state index in [1.165, 1.54) is 5.06 Å². The van der Waals surface area contributed by atoms with Gasteiger partial charge in [-0.15, -0.1) is 0 Å². The lowest BCUT2D eigenvalue weighted by Crippen LogP contribution is -2.31. The lowest BCUT2D eigenvalue weighted by molar-refractivity contribution is -0.126. The average molecular weight is 307 g/mol. The fraction of sp³-hybridized carbons (Fsp3) is 0.167. The molecule has 2 heterocycles. The summed E-state index contributed by atoms with van der Waals surface area (Å²) in [6, 6.07) is 15.2. The predicted molar refractivity (Wildman–Crippen MR) is 88.5 cm³/mol. The molecular weight excluding hydrogens is 290 g/mol. The van der Waals surface area contributed by atoms with Gasteiger partial charge in [-0.25, -0.2) is 4.98 Å². The minimum atomic E-state index is -0.137. The van der Waals surface area contributed by atoms with Crippen LogP contribution in [0.4, 0.5) is 5.82 Å². The highest BCUT2D eigenvalue weighted by Gasteiger charge is 2.17. The van der Waals surface area contributed by atoms with Crippen LogP contribution in [-0.2, 0) is 16.2 Å². The van der Waals surface area contributed by atoms with Crippen LogP contribution in [0.5, 0.6) is 0 Å². The molecule has 1 aromatic carbocycles. The number of pyridine rings is 2. The first-order valence-electron chi connectivity index (χ1n) is 7.48. The summed E-state index contributed by atoms with van der Waals surface area (Å²) in [5.41, 5.74) is 1.76. The van der Waals surface area contributed by atoms with Gasteiger partial charge >= 0.3 is 0 Å². The molecule has 0 aliphatic heterocycles. The van der Waals surface area contributed by atoms with Gasteiger partial charge in [0.1, 0.15) is 6.61 Å². The topological polar surface area (TPSA) is 55.3 Å². The molecule has 0 aliphatic rings. The van der Waals surface area contributed by atoms with Gasteiger partial charge in [0, 0.05) is 24.2 Å². The van der Waals surface area contributed by atoms with E-state index in [1.807, 2.05) is 42.5 Å². The van der Waals surface area contributed by atoms with Crippen molar-refractivity contribution in [3.63, 3.8) is 0 Å². The summed E-state index contributed by atoms with van der Waals surface area (Å²) in [5, 5.41) is 2.19. The molecule has 1 amide bonds. The number of aromatic nitrogens is 2. The third kappa shape index (κ3) is 3.52. The number of hydrogen-bond acceptors (Lipinski definition) is 4. The van der Waals surface area contributed by atoms with Crippen molar-refractivity contribution in [3.05, 3.63) is 66.5 Å². The van der Waals surface area contributed by atoms with Crippen LogP contribution < -0.4 is 5.06 Å². The number of benzene rings is 1. The van der Waals surface area contributed by atoms with Gasteiger partial charge in [0.05, 0.1) is 5.52 Å². The summed E-state index contributed by atoms with van der Waals surface area (Å²) in [7, 11) is 0. The van der Waals surface area contributed by atoms with E-state index in [0.29, 0.717) is 18.8 Å². The normalized spacial score (nSPS) is 10.7. The molecule has 0 saturated heterocycles. The lowest BCUT2D eigenvalue weighted by atomic mass is 10.2. The molecule has 0 aliphatic carbocycles. The Balaban J connectivity index is 1.86. The number of carbonyl (C=O) groups is 1. The van der Waals surface area contributed by atoms with Gasteiger partial charge in [0.15, 0.2) is 5.82 Å². The molecule has 0 unspecified atom stereocenters. The molecular formula is C18H17N3O2. The zero-order chi connectivity index (χ0) is 16.1. The molecule has 0 radical (unpaired) electrons. The van der Waals surface area contributed by atoms with Crippen LogP contribution in [0, 0.1) is 0 Å². The van der Waals surface area contributed by atoms with E-state index >= 15 is 0 Å². The molecule has 0 fully saturated rings. The van der Waals surface area contributed by atoms with E-state index in [4.69, 9.17) is 4.84 Å².